The highest BCUT2D eigenvalue weighted by molar-refractivity contribution is 4.96. The molecule has 3 rings (SSSR count). The van der Waals surface area contributed by atoms with Gasteiger partial charge in [0.15, 0.2) is 5.82 Å². The van der Waals surface area contributed by atoms with E-state index in [0.717, 1.165) is 17.8 Å². The van der Waals surface area contributed by atoms with E-state index in [4.69, 9.17) is 0 Å². The van der Waals surface area contributed by atoms with Gasteiger partial charge in [-0.2, -0.15) is 0 Å². The van der Waals surface area contributed by atoms with Gasteiger partial charge in [0.1, 0.15) is 12.9 Å². The fourth-order valence-corrected chi connectivity index (χ4v) is 3.81. The Morgan fingerprint density at radius 1 is 1.50 bits per heavy atom. The van der Waals surface area contributed by atoms with Crippen molar-refractivity contribution >= 4 is 0 Å². The molecule has 2 fully saturated rings. The van der Waals surface area contributed by atoms with Gasteiger partial charge in [-0.25, -0.2) is 0 Å². The van der Waals surface area contributed by atoms with Crippen LogP contribution in [0.5, 0.6) is 0 Å². The molecule has 2 saturated carbocycles. The summed E-state index contributed by atoms with van der Waals surface area (Å²) >= 11 is 0. The zero-order chi connectivity index (χ0) is 11.1. The van der Waals surface area contributed by atoms with E-state index in [2.05, 4.69) is 21.7 Å². The normalized spacial score (nSPS) is 34.5. The first-order chi connectivity index (χ1) is 7.79. The van der Waals surface area contributed by atoms with E-state index >= 15 is 0 Å². The molecule has 4 unspecified atom stereocenters. The second kappa shape index (κ2) is 3.84. The molecule has 1 N–H and O–H groups in total. The number of hydrogen-bond donors (Lipinski definition) is 1. The van der Waals surface area contributed by atoms with Crippen LogP contribution in [0.3, 0.4) is 0 Å². The molecule has 4 atom stereocenters. The number of fused-ring (bicyclic) bond motifs is 2. The molecule has 88 valence electrons. The van der Waals surface area contributed by atoms with E-state index in [9.17, 15) is 5.11 Å². The molecular formula is C12H19N3O. The van der Waals surface area contributed by atoms with Gasteiger partial charge in [0, 0.05) is 6.04 Å². The number of aromatic nitrogens is 3. The summed E-state index contributed by atoms with van der Waals surface area (Å²) in [5.74, 6) is 3.33. The van der Waals surface area contributed by atoms with E-state index in [0.29, 0.717) is 11.9 Å². The molecule has 16 heavy (non-hydrogen) atoms. The molecule has 0 radical (unpaired) electrons. The zero-order valence-corrected chi connectivity index (χ0v) is 9.71. The summed E-state index contributed by atoms with van der Waals surface area (Å²) in [6, 6.07) is 0.437. The van der Waals surface area contributed by atoms with Gasteiger partial charge in [-0.05, 0) is 43.9 Å². The number of nitrogens with zero attached hydrogens (tertiary/aromatic N) is 3. The first-order valence-corrected chi connectivity index (χ1v) is 6.29. The monoisotopic (exact) mass is 221 g/mol. The van der Waals surface area contributed by atoms with Crippen molar-refractivity contribution < 1.29 is 5.11 Å². The maximum atomic E-state index is 9.21. The quantitative estimate of drug-likeness (QED) is 0.846. The first-order valence-electron chi connectivity index (χ1n) is 6.29. The van der Waals surface area contributed by atoms with Crippen molar-refractivity contribution in [3.8, 4) is 0 Å². The summed E-state index contributed by atoms with van der Waals surface area (Å²) in [5.41, 5.74) is 0. The highest BCUT2D eigenvalue weighted by Gasteiger charge is 2.42. The molecule has 2 aliphatic rings. The lowest BCUT2D eigenvalue weighted by Crippen LogP contribution is -2.23. The van der Waals surface area contributed by atoms with Gasteiger partial charge in [-0.15, -0.1) is 10.2 Å². The smallest absolute Gasteiger partial charge is 0.158 e. The van der Waals surface area contributed by atoms with Gasteiger partial charge in [-0.1, -0.05) is 6.42 Å². The minimum atomic E-state index is -0.00877. The van der Waals surface area contributed by atoms with E-state index in [1.54, 1.807) is 6.33 Å². The van der Waals surface area contributed by atoms with Gasteiger partial charge in [0.2, 0.25) is 0 Å². The maximum absolute atomic E-state index is 9.21. The predicted molar refractivity (Wildman–Crippen MR) is 59.6 cm³/mol. The van der Waals surface area contributed by atoms with E-state index in [1.807, 2.05) is 0 Å². The molecule has 0 aromatic carbocycles. The van der Waals surface area contributed by atoms with Crippen LogP contribution in [0.1, 0.15) is 44.5 Å². The average Bonchev–Trinajstić information content (AvgIpc) is 3.02. The van der Waals surface area contributed by atoms with Crippen molar-refractivity contribution in [1.29, 1.82) is 0 Å². The number of rotatable bonds is 3. The third kappa shape index (κ3) is 1.47. The predicted octanol–water partition coefficient (Wildman–Crippen LogP) is 1.77. The Bertz CT molecular complexity index is 376. The Balaban J connectivity index is 1.80. The minimum Gasteiger partial charge on any atom is -0.388 e. The Kier molecular flexibility index (Phi) is 2.46. The van der Waals surface area contributed by atoms with Crippen molar-refractivity contribution in [2.24, 2.45) is 17.8 Å². The summed E-state index contributed by atoms with van der Waals surface area (Å²) in [5, 5.41) is 17.1. The summed E-state index contributed by atoms with van der Waals surface area (Å²) in [6.07, 6.45) is 7.38. The molecule has 2 aliphatic carbocycles. The van der Waals surface area contributed by atoms with Gasteiger partial charge in [0.25, 0.3) is 0 Å². The maximum Gasteiger partial charge on any atom is 0.158 e. The minimum absolute atomic E-state index is 0.00877. The molecule has 0 spiro atoms. The third-order valence-corrected chi connectivity index (χ3v) is 4.64. The lowest BCUT2D eigenvalue weighted by atomic mass is 9.84. The van der Waals surface area contributed by atoms with Gasteiger partial charge < -0.3 is 9.67 Å². The van der Waals surface area contributed by atoms with Crippen molar-refractivity contribution in [3.05, 3.63) is 12.2 Å². The third-order valence-electron chi connectivity index (χ3n) is 4.64. The topological polar surface area (TPSA) is 50.9 Å². The lowest BCUT2D eigenvalue weighted by Gasteiger charge is -2.29. The van der Waals surface area contributed by atoms with Crippen LogP contribution in [0.2, 0.25) is 0 Å². The molecule has 0 amide bonds. The summed E-state index contributed by atoms with van der Waals surface area (Å²) in [6.45, 7) is 2.24. The van der Waals surface area contributed by atoms with Crippen molar-refractivity contribution in [2.75, 3.05) is 0 Å². The first kappa shape index (κ1) is 10.3. The summed E-state index contributed by atoms with van der Waals surface area (Å²) < 4.78 is 2.06. The van der Waals surface area contributed by atoms with Crippen LogP contribution in [0.25, 0.3) is 0 Å². The van der Waals surface area contributed by atoms with Crippen LogP contribution >= 0.6 is 0 Å². The average molecular weight is 221 g/mol. The van der Waals surface area contributed by atoms with E-state index in [1.165, 1.54) is 25.7 Å². The number of aliphatic hydroxyl groups excluding tert-OH is 1. The van der Waals surface area contributed by atoms with Crippen LogP contribution < -0.4 is 0 Å². The Labute approximate surface area is 95.7 Å². The Morgan fingerprint density at radius 3 is 3.00 bits per heavy atom. The van der Waals surface area contributed by atoms with E-state index in [-0.39, 0.29) is 6.61 Å². The SMILES string of the molecule is CC(C1CC2CCC1C2)n1cnnc1CO. The van der Waals surface area contributed by atoms with Crippen LogP contribution in [0.15, 0.2) is 6.33 Å². The van der Waals surface area contributed by atoms with Gasteiger partial charge in [-0.3, -0.25) is 0 Å². The molecule has 2 bridgehead atoms. The van der Waals surface area contributed by atoms with Crippen LogP contribution in [0.4, 0.5) is 0 Å². The highest BCUT2D eigenvalue weighted by atomic mass is 16.3. The molecule has 4 nitrogen and oxygen atoms in total. The zero-order valence-electron chi connectivity index (χ0n) is 9.71. The highest BCUT2D eigenvalue weighted by Crippen LogP contribution is 2.52. The van der Waals surface area contributed by atoms with Crippen LogP contribution in [0, 0.1) is 17.8 Å². The van der Waals surface area contributed by atoms with E-state index < -0.39 is 0 Å². The van der Waals surface area contributed by atoms with Crippen LogP contribution in [-0.2, 0) is 6.61 Å². The molecule has 1 aromatic heterocycles. The largest absolute Gasteiger partial charge is 0.388 e. The van der Waals surface area contributed by atoms with Gasteiger partial charge >= 0.3 is 0 Å². The van der Waals surface area contributed by atoms with Gasteiger partial charge in [0.05, 0.1) is 0 Å². The fourth-order valence-electron chi connectivity index (χ4n) is 3.81. The van der Waals surface area contributed by atoms with Crippen molar-refractivity contribution in [3.63, 3.8) is 0 Å². The fraction of sp³-hybridized carbons (Fsp3) is 0.833. The standard InChI is InChI=1S/C12H19N3O/c1-8(15-7-13-14-12(15)6-16)11-5-9-2-3-10(11)4-9/h7-11,16H,2-6H2,1H3. The molecule has 4 heteroatoms. The second-order valence-electron chi connectivity index (χ2n) is 5.39. The molecular weight excluding hydrogens is 202 g/mol. The lowest BCUT2D eigenvalue weighted by molar-refractivity contribution is 0.218. The Hall–Kier alpha value is -0.900. The molecule has 1 aromatic rings. The summed E-state index contributed by atoms with van der Waals surface area (Å²) in [4.78, 5) is 0. The van der Waals surface area contributed by atoms with Crippen molar-refractivity contribution in [2.45, 2.75) is 45.3 Å². The number of hydrogen-bond acceptors (Lipinski definition) is 3. The van der Waals surface area contributed by atoms with Crippen molar-refractivity contribution in [1.82, 2.24) is 14.8 Å². The molecule has 1 heterocycles. The molecule has 0 aliphatic heterocycles. The Morgan fingerprint density at radius 2 is 2.38 bits per heavy atom. The summed E-state index contributed by atoms with van der Waals surface area (Å²) in [7, 11) is 0. The molecule has 0 saturated heterocycles. The number of aliphatic hydroxyl groups is 1. The van der Waals surface area contributed by atoms with Crippen LogP contribution in [-0.4, -0.2) is 19.9 Å². The second-order valence-corrected chi connectivity index (χ2v) is 5.39.